The van der Waals surface area contributed by atoms with Crippen molar-refractivity contribution in [1.29, 1.82) is 0 Å². The monoisotopic (exact) mass is 376 g/mol. The standard InChI is InChI=1S/C20H28N2O3S/c1-20(2,3)25-19(23)22-12-6-8-15(14-22)9-7-13-24-18-16-10-4-5-11-17(16)26-21-18/h4-5,10-11,15H,6-9,12-14H2,1-3H3. The average Bonchev–Trinajstić information content (AvgIpc) is 3.01. The van der Waals surface area contributed by atoms with E-state index in [1.54, 1.807) is 0 Å². The zero-order valence-electron chi connectivity index (χ0n) is 15.9. The lowest BCUT2D eigenvalue weighted by Crippen LogP contribution is -2.42. The van der Waals surface area contributed by atoms with Gasteiger partial charge in [0, 0.05) is 13.1 Å². The van der Waals surface area contributed by atoms with Gasteiger partial charge in [0.1, 0.15) is 5.60 Å². The van der Waals surface area contributed by atoms with E-state index in [2.05, 4.69) is 10.4 Å². The maximum absolute atomic E-state index is 12.2. The van der Waals surface area contributed by atoms with Crippen LogP contribution in [-0.2, 0) is 4.74 Å². The van der Waals surface area contributed by atoms with E-state index in [1.807, 2.05) is 43.9 Å². The predicted molar refractivity (Wildman–Crippen MR) is 105 cm³/mol. The highest BCUT2D eigenvalue weighted by Crippen LogP contribution is 2.28. The van der Waals surface area contributed by atoms with E-state index in [0.717, 1.165) is 48.3 Å². The van der Waals surface area contributed by atoms with Gasteiger partial charge in [-0.3, -0.25) is 0 Å². The number of fused-ring (bicyclic) bond motifs is 1. The maximum Gasteiger partial charge on any atom is 0.410 e. The van der Waals surface area contributed by atoms with Crippen molar-refractivity contribution in [2.45, 2.75) is 52.1 Å². The molecule has 1 aliphatic rings. The quantitative estimate of drug-likeness (QED) is 0.681. The molecule has 1 aromatic heterocycles. The molecule has 3 rings (SSSR count). The number of likely N-dealkylation sites (tertiary alicyclic amines) is 1. The van der Waals surface area contributed by atoms with Gasteiger partial charge in [-0.1, -0.05) is 12.1 Å². The van der Waals surface area contributed by atoms with Crippen LogP contribution in [0.1, 0.15) is 46.5 Å². The Morgan fingerprint density at radius 1 is 1.35 bits per heavy atom. The number of carbonyl (C=O) groups excluding carboxylic acids is 1. The molecule has 1 unspecified atom stereocenters. The third kappa shape index (κ3) is 5.10. The predicted octanol–water partition coefficient (Wildman–Crippen LogP) is 5.10. The molecule has 142 valence electrons. The molecule has 0 bridgehead atoms. The van der Waals surface area contributed by atoms with Crippen LogP contribution in [-0.4, -0.2) is 40.7 Å². The number of amides is 1. The minimum atomic E-state index is -0.436. The summed E-state index contributed by atoms with van der Waals surface area (Å²) < 4.78 is 16.9. The summed E-state index contributed by atoms with van der Waals surface area (Å²) in [6.07, 6.45) is 4.05. The van der Waals surface area contributed by atoms with Gasteiger partial charge in [0.25, 0.3) is 0 Å². The molecule has 2 heterocycles. The van der Waals surface area contributed by atoms with Crippen LogP contribution in [0.2, 0.25) is 0 Å². The van der Waals surface area contributed by atoms with Gasteiger partial charge < -0.3 is 14.4 Å². The van der Waals surface area contributed by atoms with E-state index < -0.39 is 5.60 Å². The van der Waals surface area contributed by atoms with Crippen molar-refractivity contribution in [2.24, 2.45) is 5.92 Å². The molecule has 2 aromatic rings. The summed E-state index contributed by atoms with van der Waals surface area (Å²) in [6, 6.07) is 8.14. The minimum Gasteiger partial charge on any atom is -0.477 e. The third-order valence-corrected chi connectivity index (χ3v) is 5.32. The zero-order chi connectivity index (χ0) is 18.6. The van der Waals surface area contributed by atoms with E-state index >= 15 is 0 Å². The van der Waals surface area contributed by atoms with Crippen LogP contribution in [0.15, 0.2) is 24.3 Å². The number of aromatic nitrogens is 1. The Morgan fingerprint density at radius 3 is 2.96 bits per heavy atom. The number of ether oxygens (including phenoxy) is 2. The summed E-state index contributed by atoms with van der Waals surface area (Å²) in [6.45, 7) is 7.97. The maximum atomic E-state index is 12.2. The van der Waals surface area contributed by atoms with Gasteiger partial charge in [-0.2, -0.15) is 4.37 Å². The molecular weight excluding hydrogens is 348 g/mol. The minimum absolute atomic E-state index is 0.188. The number of piperidine rings is 1. The summed E-state index contributed by atoms with van der Waals surface area (Å²) in [7, 11) is 0. The fourth-order valence-electron chi connectivity index (χ4n) is 3.30. The van der Waals surface area contributed by atoms with Crippen LogP contribution >= 0.6 is 11.5 Å². The molecule has 1 saturated heterocycles. The molecule has 6 heteroatoms. The Kier molecular flexibility index (Phi) is 6.01. The molecule has 1 aliphatic heterocycles. The largest absolute Gasteiger partial charge is 0.477 e. The Balaban J connectivity index is 1.42. The smallest absolute Gasteiger partial charge is 0.410 e. The van der Waals surface area contributed by atoms with Crippen molar-refractivity contribution in [1.82, 2.24) is 9.27 Å². The summed E-state index contributed by atoms with van der Waals surface area (Å²) in [4.78, 5) is 14.1. The number of nitrogens with zero attached hydrogens (tertiary/aromatic N) is 2. The van der Waals surface area contributed by atoms with E-state index in [-0.39, 0.29) is 6.09 Å². The second-order valence-corrected chi connectivity index (χ2v) is 8.71. The second-order valence-electron chi connectivity index (χ2n) is 7.91. The Labute approximate surface area is 159 Å². The summed E-state index contributed by atoms with van der Waals surface area (Å²) in [5, 5.41) is 1.09. The number of carbonyl (C=O) groups is 1. The molecule has 1 fully saturated rings. The Hall–Kier alpha value is -1.82. The van der Waals surface area contributed by atoms with Gasteiger partial charge in [0.15, 0.2) is 0 Å². The van der Waals surface area contributed by atoms with Gasteiger partial charge in [-0.15, -0.1) is 0 Å². The highest BCUT2D eigenvalue weighted by atomic mass is 32.1. The van der Waals surface area contributed by atoms with Crippen molar-refractivity contribution in [3.63, 3.8) is 0 Å². The van der Waals surface area contributed by atoms with Crippen LogP contribution in [0, 0.1) is 5.92 Å². The first-order valence-electron chi connectivity index (χ1n) is 9.37. The molecule has 0 N–H and O–H groups in total. The van der Waals surface area contributed by atoms with Gasteiger partial charge in [-0.05, 0) is 76.0 Å². The van der Waals surface area contributed by atoms with E-state index in [0.29, 0.717) is 12.5 Å². The van der Waals surface area contributed by atoms with Gasteiger partial charge in [-0.25, -0.2) is 4.79 Å². The highest BCUT2D eigenvalue weighted by Gasteiger charge is 2.27. The fraction of sp³-hybridized carbons (Fsp3) is 0.600. The Bertz CT molecular complexity index is 738. The van der Waals surface area contributed by atoms with Crippen LogP contribution in [0.3, 0.4) is 0 Å². The molecule has 0 spiro atoms. The van der Waals surface area contributed by atoms with Crippen LogP contribution in [0.25, 0.3) is 10.1 Å². The lowest BCUT2D eigenvalue weighted by atomic mass is 9.94. The molecule has 5 nitrogen and oxygen atoms in total. The number of benzene rings is 1. The van der Waals surface area contributed by atoms with Gasteiger partial charge >= 0.3 is 6.09 Å². The third-order valence-electron chi connectivity index (χ3n) is 4.51. The van der Waals surface area contributed by atoms with Crippen molar-refractivity contribution in [3.8, 4) is 5.88 Å². The van der Waals surface area contributed by atoms with Gasteiger partial charge in [0.2, 0.25) is 5.88 Å². The summed E-state index contributed by atoms with van der Waals surface area (Å²) in [5.74, 6) is 1.26. The first-order valence-corrected chi connectivity index (χ1v) is 10.1. The second kappa shape index (κ2) is 8.25. The van der Waals surface area contributed by atoms with Crippen LogP contribution < -0.4 is 4.74 Å². The average molecular weight is 377 g/mol. The van der Waals surface area contributed by atoms with E-state index in [9.17, 15) is 4.79 Å². The van der Waals surface area contributed by atoms with Crippen LogP contribution in [0.5, 0.6) is 5.88 Å². The number of hydrogen-bond donors (Lipinski definition) is 0. The van der Waals surface area contributed by atoms with Crippen molar-refractivity contribution in [2.75, 3.05) is 19.7 Å². The topological polar surface area (TPSA) is 51.7 Å². The lowest BCUT2D eigenvalue weighted by molar-refractivity contribution is 0.0159. The normalized spacial score (nSPS) is 18.1. The molecular formula is C20H28N2O3S. The number of hydrogen-bond acceptors (Lipinski definition) is 5. The van der Waals surface area contributed by atoms with Gasteiger partial charge in [0.05, 0.1) is 16.7 Å². The molecule has 0 saturated carbocycles. The van der Waals surface area contributed by atoms with Crippen molar-refractivity contribution >= 4 is 27.7 Å². The van der Waals surface area contributed by atoms with Crippen molar-refractivity contribution < 1.29 is 14.3 Å². The molecule has 0 aliphatic carbocycles. The fourth-order valence-corrected chi connectivity index (χ4v) is 4.03. The van der Waals surface area contributed by atoms with E-state index in [1.165, 1.54) is 18.0 Å². The number of rotatable bonds is 5. The first kappa shape index (κ1) is 19.0. The molecule has 26 heavy (non-hydrogen) atoms. The lowest BCUT2D eigenvalue weighted by Gasteiger charge is -2.34. The zero-order valence-corrected chi connectivity index (χ0v) is 16.7. The molecule has 1 aromatic carbocycles. The van der Waals surface area contributed by atoms with Crippen molar-refractivity contribution in [3.05, 3.63) is 24.3 Å². The molecule has 1 atom stereocenters. The highest BCUT2D eigenvalue weighted by molar-refractivity contribution is 7.13. The van der Waals surface area contributed by atoms with Crippen LogP contribution in [0.4, 0.5) is 4.79 Å². The molecule has 0 radical (unpaired) electrons. The van der Waals surface area contributed by atoms with E-state index in [4.69, 9.17) is 9.47 Å². The first-order chi connectivity index (χ1) is 12.4. The SMILES string of the molecule is CC(C)(C)OC(=O)N1CCCC(CCCOc2nsc3ccccc23)C1. The summed E-state index contributed by atoms with van der Waals surface area (Å²) >= 11 is 1.47. The Morgan fingerprint density at radius 2 is 2.15 bits per heavy atom. The molecule has 1 amide bonds. The summed E-state index contributed by atoms with van der Waals surface area (Å²) in [5.41, 5.74) is -0.436.